The molecule has 0 aliphatic carbocycles. The molecule has 0 amide bonds. The lowest BCUT2D eigenvalue weighted by Crippen LogP contribution is -2.08. The van der Waals surface area contributed by atoms with Gasteiger partial charge in [-0.2, -0.15) is 0 Å². The minimum atomic E-state index is 0.577. The van der Waals surface area contributed by atoms with E-state index < -0.39 is 0 Å². The van der Waals surface area contributed by atoms with Gasteiger partial charge in [0.1, 0.15) is 0 Å². The first-order chi connectivity index (χ1) is 4.75. The number of hydrazine groups is 1. The molecule has 0 saturated carbocycles. The molecule has 0 radical (unpaired) electrons. The van der Waals surface area contributed by atoms with Gasteiger partial charge in [0, 0.05) is 4.90 Å². The van der Waals surface area contributed by atoms with Crippen molar-refractivity contribution >= 4 is 24.0 Å². The molecule has 1 rings (SSSR count). The van der Waals surface area contributed by atoms with E-state index in [9.17, 15) is 0 Å². The topological polar surface area (TPSA) is 64.1 Å². The molecule has 0 heterocycles. The molecule has 0 aliphatic rings. The molecule has 3 nitrogen and oxygen atoms in total. The van der Waals surface area contributed by atoms with Crippen LogP contribution in [0.25, 0.3) is 0 Å². The number of nitrogens with two attached hydrogens (primary N) is 2. The van der Waals surface area contributed by atoms with Gasteiger partial charge < -0.3 is 11.2 Å². The van der Waals surface area contributed by atoms with Crippen molar-refractivity contribution in [2.24, 2.45) is 5.84 Å². The largest absolute Gasteiger partial charge is 0.396 e. The Kier molecular flexibility index (Phi) is 2.03. The number of nitrogens with one attached hydrogen (secondary N) is 1. The van der Waals surface area contributed by atoms with Crippen LogP contribution in [0.1, 0.15) is 0 Å². The maximum absolute atomic E-state index is 5.57. The summed E-state index contributed by atoms with van der Waals surface area (Å²) < 4.78 is 0. The average molecular weight is 155 g/mol. The molecule has 0 aromatic heterocycles. The molecule has 1 aromatic rings. The first-order valence-electron chi connectivity index (χ1n) is 2.79. The lowest BCUT2D eigenvalue weighted by atomic mass is 10.3. The smallest absolute Gasteiger partial charge is 0.0727 e. The quantitative estimate of drug-likeness (QED) is 0.210. The maximum atomic E-state index is 5.57. The van der Waals surface area contributed by atoms with E-state index >= 15 is 0 Å². The van der Waals surface area contributed by atoms with Crippen LogP contribution < -0.4 is 17.0 Å². The number of thiol groups is 1. The normalized spacial score (nSPS) is 9.40. The fourth-order valence-corrected chi connectivity index (χ4v) is 0.885. The van der Waals surface area contributed by atoms with Crippen LogP contribution in [0, 0.1) is 0 Å². The number of hydrogen-bond acceptors (Lipinski definition) is 4. The van der Waals surface area contributed by atoms with Crippen molar-refractivity contribution in [3.05, 3.63) is 18.2 Å². The van der Waals surface area contributed by atoms with Crippen LogP contribution in [0.3, 0.4) is 0 Å². The Morgan fingerprint density at radius 1 is 1.40 bits per heavy atom. The van der Waals surface area contributed by atoms with Gasteiger partial charge in [-0.25, -0.2) is 0 Å². The predicted octanol–water partition coefficient (Wildman–Crippen LogP) is 0.843. The molecule has 5 N–H and O–H groups in total. The summed E-state index contributed by atoms with van der Waals surface area (Å²) in [4.78, 5) is 0.732. The zero-order chi connectivity index (χ0) is 7.56. The highest BCUT2D eigenvalue weighted by atomic mass is 32.1. The number of hydrogen-bond donors (Lipinski definition) is 4. The van der Waals surface area contributed by atoms with Crippen molar-refractivity contribution in [3.8, 4) is 0 Å². The summed E-state index contributed by atoms with van der Waals surface area (Å²) in [7, 11) is 0. The molecule has 0 atom stereocenters. The van der Waals surface area contributed by atoms with E-state index in [4.69, 9.17) is 11.6 Å². The molecule has 0 spiro atoms. The van der Waals surface area contributed by atoms with Gasteiger partial charge in [0.2, 0.25) is 0 Å². The summed E-state index contributed by atoms with van der Waals surface area (Å²) in [5.74, 6) is 5.16. The summed E-state index contributed by atoms with van der Waals surface area (Å²) in [6.45, 7) is 0. The van der Waals surface area contributed by atoms with Gasteiger partial charge in [-0.1, -0.05) is 6.07 Å². The average Bonchev–Trinajstić information content (AvgIpc) is 1.95. The summed E-state index contributed by atoms with van der Waals surface area (Å²) in [6.07, 6.45) is 0. The summed E-state index contributed by atoms with van der Waals surface area (Å²) in [6, 6.07) is 5.42. The zero-order valence-corrected chi connectivity index (χ0v) is 6.23. The van der Waals surface area contributed by atoms with Gasteiger partial charge in [0.05, 0.1) is 11.4 Å². The third-order valence-corrected chi connectivity index (χ3v) is 1.63. The molecule has 10 heavy (non-hydrogen) atoms. The minimum Gasteiger partial charge on any atom is -0.396 e. The van der Waals surface area contributed by atoms with E-state index in [1.165, 1.54) is 0 Å². The van der Waals surface area contributed by atoms with Crippen molar-refractivity contribution in [3.63, 3.8) is 0 Å². The maximum Gasteiger partial charge on any atom is 0.0727 e. The van der Waals surface area contributed by atoms with Crippen molar-refractivity contribution in [1.82, 2.24) is 0 Å². The predicted molar refractivity (Wildman–Crippen MR) is 45.9 cm³/mol. The summed E-state index contributed by atoms with van der Waals surface area (Å²) >= 11 is 4.10. The molecule has 54 valence electrons. The Labute approximate surface area is 64.8 Å². The SMILES string of the molecule is NNc1cccc(S)c1N. The highest BCUT2D eigenvalue weighted by Gasteiger charge is 1.97. The lowest BCUT2D eigenvalue weighted by molar-refractivity contribution is 1.33. The second-order valence-electron chi connectivity index (χ2n) is 1.88. The van der Waals surface area contributed by atoms with Crippen LogP contribution in [-0.4, -0.2) is 0 Å². The Bertz CT molecular complexity index is 236. The van der Waals surface area contributed by atoms with Crippen LogP contribution in [0.15, 0.2) is 23.1 Å². The molecule has 0 bridgehead atoms. The lowest BCUT2D eigenvalue weighted by Gasteiger charge is -2.04. The second-order valence-corrected chi connectivity index (χ2v) is 2.36. The Balaban J connectivity index is 3.14. The van der Waals surface area contributed by atoms with E-state index in [0.717, 1.165) is 4.90 Å². The number of rotatable bonds is 1. The number of benzene rings is 1. The first kappa shape index (κ1) is 7.24. The molecule has 0 fully saturated rings. The monoisotopic (exact) mass is 155 g/mol. The van der Waals surface area contributed by atoms with Gasteiger partial charge in [0.25, 0.3) is 0 Å². The van der Waals surface area contributed by atoms with Crippen LogP contribution in [0.5, 0.6) is 0 Å². The van der Waals surface area contributed by atoms with Gasteiger partial charge in [-0.3, -0.25) is 5.84 Å². The Morgan fingerprint density at radius 2 is 2.10 bits per heavy atom. The van der Waals surface area contributed by atoms with E-state index in [-0.39, 0.29) is 0 Å². The second kappa shape index (κ2) is 2.81. The third-order valence-electron chi connectivity index (χ3n) is 1.24. The molecule has 4 heteroatoms. The van der Waals surface area contributed by atoms with Gasteiger partial charge in [-0.05, 0) is 12.1 Å². The van der Waals surface area contributed by atoms with Crippen molar-refractivity contribution in [2.45, 2.75) is 4.90 Å². The van der Waals surface area contributed by atoms with E-state index in [1.807, 2.05) is 6.07 Å². The fraction of sp³-hybridized carbons (Fsp3) is 0. The van der Waals surface area contributed by atoms with Crippen LogP contribution in [0.4, 0.5) is 11.4 Å². The number of anilines is 2. The highest BCUT2D eigenvalue weighted by molar-refractivity contribution is 7.80. The summed E-state index contributed by atoms with van der Waals surface area (Å²) in [5, 5.41) is 0. The third kappa shape index (κ3) is 1.17. The van der Waals surface area contributed by atoms with Crippen LogP contribution in [-0.2, 0) is 0 Å². The van der Waals surface area contributed by atoms with E-state index in [0.29, 0.717) is 11.4 Å². The summed E-state index contributed by atoms with van der Waals surface area (Å²) in [5.41, 5.74) is 9.31. The number of nitrogen functional groups attached to an aromatic ring is 2. The minimum absolute atomic E-state index is 0.577. The molecule has 0 aliphatic heterocycles. The van der Waals surface area contributed by atoms with Gasteiger partial charge in [-0.15, -0.1) is 12.6 Å². The fourth-order valence-electron chi connectivity index (χ4n) is 0.679. The standard InChI is InChI=1S/C6H9N3S/c7-6-4(9-8)2-1-3-5(6)10/h1-3,9-10H,7-8H2. The highest BCUT2D eigenvalue weighted by Crippen LogP contribution is 2.23. The zero-order valence-electron chi connectivity index (χ0n) is 5.33. The van der Waals surface area contributed by atoms with Crippen molar-refractivity contribution in [2.75, 3.05) is 11.2 Å². The van der Waals surface area contributed by atoms with Crippen molar-refractivity contribution < 1.29 is 0 Å². The molecule has 0 saturated heterocycles. The van der Waals surface area contributed by atoms with E-state index in [1.54, 1.807) is 12.1 Å². The van der Waals surface area contributed by atoms with Crippen molar-refractivity contribution in [1.29, 1.82) is 0 Å². The Morgan fingerprint density at radius 3 is 2.60 bits per heavy atom. The molecule has 0 unspecified atom stereocenters. The molecular weight excluding hydrogens is 146 g/mol. The van der Waals surface area contributed by atoms with Crippen LogP contribution in [0.2, 0.25) is 0 Å². The number of para-hydroxylation sites is 1. The molecule has 1 aromatic carbocycles. The van der Waals surface area contributed by atoms with Gasteiger partial charge in [0.15, 0.2) is 0 Å². The first-order valence-corrected chi connectivity index (χ1v) is 3.24. The van der Waals surface area contributed by atoms with Gasteiger partial charge >= 0.3 is 0 Å². The van der Waals surface area contributed by atoms with E-state index in [2.05, 4.69) is 18.1 Å². The van der Waals surface area contributed by atoms with Crippen LogP contribution >= 0.6 is 12.6 Å². The Hall–Kier alpha value is -0.870. The molecular formula is C6H9N3S.